The summed E-state index contributed by atoms with van der Waals surface area (Å²) in [6.45, 7) is 0. The zero-order valence-corrected chi connectivity index (χ0v) is 7.12. The van der Waals surface area contributed by atoms with Crippen LogP contribution in [0.5, 0.6) is 0 Å². The Morgan fingerprint density at radius 3 is 1.00 bits per heavy atom. The van der Waals surface area contributed by atoms with E-state index in [1.54, 1.807) is 0 Å². The zero-order chi connectivity index (χ0) is 9.00. The van der Waals surface area contributed by atoms with Crippen LogP contribution in [0.3, 0.4) is 0 Å². The van der Waals surface area contributed by atoms with Crippen LogP contribution in [0, 0.1) is 0 Å². The maximum atomic E-state index is 8.74. The van der Waals surface area contributed by atoms with Crippen molar-refractivity contribution >= 4 is 10.4 Å². The summed E-state index contributed by atoms with van der Waals surface area (Å²) in [5.74, 6) is 0. The van der Waals surface area contributed by atoms with Crippen LogP contribution in [-0.4, -0.2) is 17.5 Å². The van der Waals surface area contributed by atoms with Gasteiger partial charge < -0.3 is 0 Å². The summed E-state index contributed by atoms with van der Waals surface area (Å²) in [5, 5.41) is 0. The first-order valence-corrected chi connectivity index (χ1v) is 6.42. The first-order valence-electron chi connectivity index (χ1n) is 1.43. The Balaban J connectivity index is 0. The van der Waals surface area contributed by atoms with E-state index in [2.05, 4.69) is 0 Å². The summed E-state index contributed by atoms with van der Waals surface area (Å²) in [6.07, 6.45) is 0. The Morgan fingerprint density at radius 2 is 1.00 bits per heavy atom. The van der Waals surface area contributed by atoms with Crippen molar-refractivity contribution in [3.05, 3.63) is 0 Å². The van der Waals surface area contributed by atoms with Crippen LogP contribution in [0.2, 0.25) is 0 Å². The van der Waals surface area contributed by atoms with Crippen molar-refractivity contribution in [2.75, 3.05) is 0 Å². The Hall–Kier alpha value is 0.372. The van der Waals surface area contributed by atoms with Gasteiger partial charge in [0.15, 0.2) is 0 Å². The molecule has 0 bridgehead atoms. The van der Waals surface area contributed by atoms with Gasteiger partial charge in [0, 0.05) is 0 Å². The third-order valence-corrected chi connectivity index (χ3v) is 0. The van der Waals surface area contributed by atoms with Gasteiger partial charge in [0.1, 0.15) is 0 Å². The Bertz CT molecular complexity index is 152. The molecule has 0 aromatic rings. The van der Waals surface area contributed by atoms with E-state index in [1.165, 1.54) is 0 Å². The summed E-state index contributed by atoms with van der Waals surface area (Å²) in [6, 6.07) is 0. The number of nitrogens with two attached hydrogens (primary N) is 4. The van der Waals surface area contributed by atoms with Crippen molar-refractivity contribution in [1.82, 2.24) is 0 Å². The molecule has 0 fully saturated rings. The third-order valence-electron chi connectivity index (χ3n) is 0. The predicted octanol–water partition coefficient (Wildman–Crippen LogP) is -3.02. The van der Waals surface area contributed by atoms with Gasteiger partial charge in [-0.15, -0.1) is 0 Å². The predicted molar refractivity (Wildman–Crippen MR) is 30.9 cm³/mol. The first kappa shape index (κ1) is 13.0. The molecule has 10 heavy (non-hydrogen) atoms. The second-order valence-electron chi connectivity index (χ2n) is 1.08. The first-order chi connectivity index (χ1) is 4.00. The topological polar surface area (TPSA) is 179 Å². The molecule has 10 N–H and O–H groups in total. The van der Waals surface area contributed by atoms with Crippen LogP contribution in [0.15, 0.2) is 0 Å². The molecule has 0 spiro atoms. The van der Waals surface area contributed by atoms with Gasteiger partial charge in [-0.2, -0.15) is 8.42 Å². The van der Waals surface area contributed by atoms with Gasteiger partial charge in [-0.05, 0) is 0 Å². The van der Waals surface area contributed by atoms with Crippen molar-refractivity contribution in [1.29, 1.82) is 0 Å². The molecule has 0 radical (unpaired) electrons. The van der Waals surface area contributed by atoms with Crippen LogP contribution in [-0.2, 0) is 26.9 Å². The Labute approximate surface area is 62.3 Å². The fourth-order valence-electron chi connectivity index (χ4n) is 0. The van der Waals surface area contributed by atoms with E-state index in [0.29, 0.717) is 0 Å². The standard InChI is InChI=1S/4H2N.H2O4S.Pd/c;;;;1-5(2,3)4;/h4*1H2;(H2,1,2,3,4);/q4*-1;;+4. The molecular weight excluding hydrogens is 259 g/mol. The molecular formula is H10N4O4PdS. The fraction of sp³-hybridized carbons (Fsp3) is 0. The van der Waals surface area contributed by atoms with Crippen LogP contribution >= 0.6 is 0 Å². The number of hydrogen-bond acceptors (Lipinski definition) is 6. The van der Waals surface area contributed by atoms with E-state index in [9.17, 15) is 0 Å². The molecule has 0 amide bonds. The van der Waals surface area contributed by atoms with Crippen molar-refractivity contribution in [3.8, 4) is 0 Å². The summed E-state index contributed by atoms with van der Waals surface area (Å²) in [4.78, 5) is 0. The minimum atomic E-state index is -4.67. The quantitative estimate of drug-likeness (QED) is 0.198. The summed E-state index contributed by atoms with van der Waals surface area (Å²) in [5.41, 5.74) is 0. The molecule has 0 aromatic heterocycles. The SMILES string of the molecule is O=S(=O)(O)O.[NH2][Pd]([NH2])([NH2])[NH2]. The van der Waals surface area contributed by atoms with Gasteiger partial charge in [-0.3, -0.25) is 9.11 Å². The van der Waals surface area contributed by atoms with Crippen molar-refractivity contribution in [2.24, 2.45) is 17.5 Å². The van der Waals surface area contributed by atoms with Gasteiger partial charge in [0.05, 0.1) is 0 Å². The van der Waals surface area contributed by atoms with E-state index in [0.717, 1.165) is 0 Å². The third kappa shape index (κ3) is 3280. The van der Waals surface area contributed by atoms with Crippen LogP contribution in [0.1, 0.15) is 0 Å². The van der Waals surface area contributed by atoms with Crippen LogP contribution in [0.4, 0.5) is 0 Å². The normalized spacial score (nSPS) is 13.4. The molecule has 0 aliphatic heterocycles. The second kappa shape index (κ2) is 4.29. The molecule has 0 atom stereocenters. The molecule has 0 aliphatic carbocycles. The second-order valence-corrected chi connectivity index (χ2v) is 5.09. The average molecular weight is 269 g/mol. The van der Waals surface area contributed by atoms with Crippen molar-refractivity contribution in [3.63, 3.8) is 0 Å². The molecule has 10 heteroatoms. The fourth-order valence-corrected chi connectivity index (χ4v) is 0. The molecule has 0 aromatic carbocycles. The molecule has 0 saturated carbocycles. The van der Waals surface area contributed by atoms with Gasteiger partial charge in [0.2, 0.25) is 0 Å². The van der Waals surface area contributed by atoms with Crippen LogP contribution in [0.25, 0.3) is 0 Å². The average Bonchev–Trinajstić information content (AvgIpc) is 1.12. The summed E-state index contributed by atoms with van der Waals surface area (Å²) < 4.78 is 50.9. The molecule has 70 valence electrons. The molecule has 0 rings (SSSR count). The molecule has 8 nitrogen and oxygen atoms in total. The van der Waals surface area contributed by atoms with Gasteiger partial charge in [-0.1, -0.05) is 0 Å². The maximum absolute atomic E-state index is 8.74. The van der Waals surface area contributed by atoms with Gasteiger partial charge in [-0.25, -0.2) is 0 Å². The van der Waals surface area contributed by atoms with E-state index < -0.39 is 26.9 Å². The minimum absolute atomic E-state index is 2.70. The Kier molecular flexibility index (Phi) is 5.58. The van der Waals surface area contributed by atoms with E-state index >= 15 is 0 Å². The van der Waals surface area contributed by atoms with E-state index in [-0.39, 0.29) is 0 Å². The monoisotopic (exact) mass is 268 g/mol. The zero-order valence-electron chi connectivity index (χ0n) is 4.74. The van der Waals surface area contributed by atoms with Gasteiger partial charge >= 0.3 is 44.4 Å². The number of hydrogen-bond donors (Lipinski definition) is 6. The molecule has 0 saturated heterocycles. The van der Waals surface area contributed by atoms with E-state index in [1.807, 2.05) is 0 Å². The Morgan fingerprint density at radius 1 is 1.00 bits per heavy atom. The van der Waals surface area contributed by atoms with Crippen molar-refractivity contribution < 1.29 is 34.0 Å². The summed E-state index contributed by atoms with van der Waals surface area (Å²) >= 11 is -2.70. The van der Waals surface area contributed by atoms with Crippen molar-refractivity contribution in [2.45, 2.75) is 0 Å². The van der Waals surface area contributed by atoms with E-state index in [4.69, 9.17) is 35.0 Å². The van der Waals surface area contributed by atoms with Gasteiger partial charge in [0.25, 0.3) is 0 Å². The summed E-state index contributed by atoms with van der Waals surface area (Å²) in [7, 11) is -4.67. The van der Waals surface area contributed by atoms with Crippen LogP contribution < -0.4 is 17.5 Å². The molecule has 0 heterocycles. The number of rotatable bonds is 0. The molecule has 0 unspecified atom stereocenters. The molecule has 0 aliphatic rings.